The molecular formula is C13H18F3NO2. The lowest BCUT2D eigenvalue weighted by Gasteiger charge is -2.14. The molecule has 108 valence electrons. The summed E-state index contributed by atoms with van der Waals surface area (Å²) in [7, 11) is 1.51. The Morgan fingerprint density at radius 2 is 2.00 bits per heavy atom. The lowest BCUT2D eigenvalue weighted by molar-refractivity contribution is -0.133. The average Bonchev–Trinajstić information content (AvgIpc) is 2.34. The van der Waals surface area contributed by atoms with E-state index >= 15 is 0 Å². The number of para-hydroxylation sites is 1. The molecule has 0 amide bonds. The first kappa shape index (κ1) is 15.6. The molecule has 0 radical (unpaired) electrons. The van der Waals surface area contributed by atoms with Crippen LogP contribution in [0.5, 0.6) is 11.5 Å². The van der Waals surface area contributed by atoms with Gasteiger partial charge in [-0.05, 0) is 13.0 Å². The van der Waals surface area contributed by atoms with Crippen LogP contribution in [0.2, 0.25) is 0 Å². The maximum atomic E-state index is 12.0. The van der Waals surface area contributed by atoms with Crippen LogP contribution in [0.4, 0.5) is 13.2 Å². The van der Waals surface area contributed by atoms with Gasteiger partial charge in [0.15, 0.2) is 11.5 Å². The van der Waals surface area contributed by atoms with E-state index in [0.717, 1.165) is 5.56 Å². The Hall–Kier alpha value is -1.43. The molecule has 1 aromatic rings. The molecule has 0 aliphatic rings. The van der Waals surface area contributed by atoms with Crippen LogP contribution >= 0.6 is 0 Å². The molecule has 1 aromatic carbocycles. The fourth-order valence-corrected chi connectivity index (χ4v) is 1.65. The molecule has 0 bridgehead atoms. The second-order valence-electron chi connectivity index (χ2n) is 3.92. The van der Waals surface area contributed by atoms with Crippen molar-refractivity contribution >= 4 is 0 Å². The minimum Gasteiger partial charge on any atom is -0.493 e. The van der Waals surface area contributed by atoms with Gasteiger partial charge in [-0.2, -0.15) is 13.2 Å². The topological polar surface area (TPSA) is 30.5 Å². The van der Waals surface area contributed by atoms with Gasteiger partial charge in [-0.15, -0.1) is 0 Å². The van der Waals surface area contributed by atoms with Gasteiger partial charge < -0.3 is 14.8 Å². The molecule has 0 fully saturated rings. The Kier molecular flexibility index (Phi) is 5.95. The second kappa shape index (κ2) is 7.23. The second-order valence-corrected chi connectivity index (χ2v) is 3.92. The number of ether oxygens (including phenoxy) is 2. The molecule has 0 saturated carbocycles. The first-order chi connectivity index (χ1) is 8.98. The summed E-state index contributed by atoms with van der Waals surface area (Å²) < 4.78 is 46.7. The molecule has 0 saturated heterocycles. The normalized spacial score (nSPS) is 11.4. The molecule has 0 aromatic heterocycles. The van der Waals surface area contributed by atoms with Crippen molar-refractivity contribution in [3.05, 3.63) is 23.8 Å². The maximum Gasteiger partial charge on any atom is 0.390 e. The molecule has 0 spiro atoms. The van der Waals surface area contributed by atoms with Crippen molar-refractivity contribution in [1.29, 1.82) is 0 Å². The van der Waals surface area contributed by atoms with E-state index in [1.54, 1.807) is 18.2 Å². The third-order valence-electron chi connectivity index (χ3n) is 2.47. The Labute approximate surface area is 110 Å². The lowest BCUT2D eigenvalue weighted by Crippen LogP contribution is -2.21. The monoisotopic (exact) mass is 277 g/mol. The number of hydrogen-bond donors (Lipinski definition) is 1. The molecule has 0 aliphatic carbocycles. The van der Waals surface area contributed by atoms with Gasteiger partial charge in [0.25, 0.3) is 0 Å². The predicted molar refractivity (Wildman–Crippen MR) is 66.5 cm³/mol. The van der Waals surface area contributed by atoms with Crippen molar-refractivity contribution in [2.24, 2.45) is 0 Å². The largest absolute Gasteiger partial charge is 0.493 e. The first-order valence-electron chi connectivity index (χ1n) is 6.04. The van der Waals surface area contributed by atoms with Gasteiger partial charge in [0.1, 0.15) is 0 Å². The molecular weight excluding hydrogens is 259 g/mol. The number of methoxy groups -OCH3 is 1. The van der Waals surface area contributed by atoms with Gasteiger partial charge in [-0.25, -0.2) is 0 Å². The third kappa shape index (κ3) is 5.38. The van der Waals surface area contributed by atoms with E-state index in [4.69, 9.17) is 9.47 Å². The number of nitrogens with one attached hydrogen (secondary N) is 1. The van der Waals surface area contributed by atoms with E-state index in [9.17, 15) is 13.2 Å². The maximum absolute atomic E-state index is 12.0. The lowest BCUT2D eigenvalue weighted by atomic mass is 10.2. The smallest absolute Gasteiger partial charge is 0.390 e. The Bertz CT molecular complexity index is 394. The Morgan fingerprint density at radius 3 is 2.58 bits per heavy atom. The summed E-state index contributed by atoms with van der Waals surface area (Å²) >= 11 is 0. The van der Waals surface area contributed by atoms with Crippen LogP contribution in [0.1, 0.15) is 18.9 Å². The summed E-state index contributed by atoms with van der Waals surface area (Å²) in [5.41, 5.74) is 0.774. The summed E-state index contributed by atoms with van der Waals surface area (Å²) in [4.78, 5) is 0. The third-order valence-corrected chi connectivity index (χ3v) is 2.47. The number of alkyl halides is 3. The van der Waals surface area contributed by atoms with E-state index in [0.29, 0.717) is 24.7 Å². The van der Waals surface area contributed by atoms with Crippen LogP contribution in [0, 0.1) is 0 Å². The highest BCUT2D eigenvalue weighted by Crippen LogP contribution is 2.31. The summed E-state index contributed by atoms with van der Waals surface area (Å²) in [5, 5.41) is 2.75. The number of benzene rings is 1. The average molecular weight is 277 g/mol. The van der Waals surface area contributed by atoms with Crippen molar-refractivity contribution < 1.29 is 22.6 Å². The highest BCUT2D eigenvalue weighted by atomic mass is 19.4. The van der Waals surface area contributed by atoms with Crippen LogP contribution < -0.4 is 14.8 Å². The van der Waals surface area contributed by atoms with Crippen molar-refractivity contribution in [1.82, 2.24) is 5.32 Å². The van der Waals surface area contributed by atoms with E-state index in [2.05, 4.69) is 5.32 Å². The van der Waals surface area contributed by atoms with Crippen LogP contribution in [0.15, 0.2) is 18.2 Å². The molecule has 0 aliphatic heterocycles. The predicted octanol–water partition coefficient (Wildman–Crippen LogP) is 3.14. The van der Waals surface area contributed by atoms with Gasteiger partial charge in [-0.3, -0.25) is 0 Å². The Balaban J connectivity index is 2.60. The quantitative estimate of drug-likeness (QED) is 0.777. The van der Waals surface area contributed by atoms with E-state index in [1.807, 2.05) is 6.92 Å². The summed E-state index contributed by atoms with van der Waals surface area (Å²) in [6.45, 7) is 2.54. The minimum atomic E-state index is -4.13. The fraction of sp³-hybridized carbons (Fsp3) is 0.538. The number of halogens is 3. The zero-order chi connectivity index (χ0) is 14.3. The van der Waals surface area contributed by atoms with Crippen molar-refractivity contribution in [2.75, 3.05) is 20.3 Å². The summed E-state index contributed by atoms with van der Waals surface area (Å²) in [5.74, 6) is 1.16. The van der Waals surface area contributed by atoms with Crippen LogP contribution in [0.3, 0.4) is 0 Å². The molecule has 3 nitrogen and oxygen atoms in total. The SMILES string of the molecule is CCOc1cccc(CNCCC(F)(F)F)c1OC. The van der Waals surface area contributed by atoms with Crippen LogP contribution in [0.25, 0.3) is 0 Å². The van der Waals surface area contributed by atoms with Crippen LogP contribution in [-0.2, 0) is 6.54 Å². The zero-order valence-electron chi connectivity index (χ0n) is 11.0. The van der Waals surface area contributed by atoms with E-state index in [-0.39, 0.29) is 6.54 Å². The first-order valence-corrected chi connectivity index (χ1v) is 6.04. The minimum absolute atomic E-state index is 0.120. The molecule has 6 heteroatoms. The zero-order valence-corrected chi connectivity index (χ0v) is 11.0. The highest BCUT2D eigenvalue weighted by Gasteiger charge is 2.26. The van der Waals surface area contributed by atoms with Crippen molar-refractivity contribution in [3.63, 3.8) is 0 Å². The van der Waals surface area contributed by atoms with Crippen molar-refractivity contribution in [2.45, 2.75) is 26.1 Å². The van der Waals surface area contributed by atoms with Gasteiger partial charge >= 0.3 is 6.18 Å². The Morgan fingerprint density at radius 1 is 1.26 bits per heavy atom. The van der Waals surface area contributed by atoms with E-state index < -0.39 is 12.6 Å². The molecule has 0 unspecified atom stereocenters. The molecule has 1 rings (SSSR count). The number of hydrogen-bond acceptors (Lipinski definition) is 3. The number of rotatable bonds is 7. The summed E-state index contributed by atoms with van der Waals surface area (Å²) in [6.07, 6.45) is -4.98. The highest BCUT2D eigenvalue weighted by molar-refractivity contribution is 5.46. The van der Waals surface area contributed by atoms with Gasteiger partial charge in [0, 0.05) is 18.7 Å². The van der Waals surface area contributed by atoms with Gasteiger partial charge in [-0.1, -0.05) is 12.1 Å². The van der Waals surface area contributed by atoms with Gasteiger partial charge in [0.2, 0.25) is 0 Å². The summed E-state index contributed by atoms with van der Waals surface area (Å²) in [6, 6.07) is 5.35. The van der Waals surface area contributed by atoms with Gasteiger partial charge in [0.05, 0.1) is 20.1 Å². The van der Waals surface area contributed by atoms with E-state index in [1.165, 1.54) is 7.11 Å². The van der Waals surface area contributed by atoms with Crippen LogP contribution in [-0.4, -0.2) is 26.4 Å². The fourth-order valence-electron chi connectivity index (χ4n) is 1.65. The molecule has 19 heavy (non-hydrogen) atoms. The standard InChI is InChI=1S/C13H18F3NO2/c1-3-19-11-6-4-5-10(12(11)18-2)9-17-8-7-13(14,15)16/h4-6,17H,3,7-9H2,1-2H3. The molecule has 0 atom stereocenters. The molecule has 0 heterocycles. The molecule has 1 N–H and O–H groups in total. The van der Waals surface area contributed by atoms with Crippen molar-refractivity contribution in [3.8, 4) is 11.5 Å².